The van der Waals surface area contributed by atoms with Crippen molar-refractivity contribution < 1.29 is 51.0 Å². The second kappa shape index (κ2) is 8.25. The van der Waals surface area contributed by atoms with Crippen LogP contribution < -0.4 is 4.90 Å². The summed E-state index contributed by atoms with van der Waals surface area (Å²) in [5.41, 5.74) is -1.07. The molecule has 1 aromatic rings. The van der Waals surface area contributed by atoms with Crippen LogP contribution in [0, 0.1) is 17.4 Å². The molecule has 1 aliphatic heterocycles. The number of rotatable bonds is 3. The molecule has 0 amide bonds. The predicted octanol–water partition coefficient (Wildman–Crippen LogP) is 1.49. The van der Waals surface area contributed by atoms with Crippen LogP contribution in [0.15, 0.2) is 12.1 Å². The Kier molecular flexibility index (Phi) is 7.27. The Morgan fingerprint density at radius 1 is 1.23 bits per heavy atom. The van der Waals surface area contributed by atoms with Gasteiger partial charge in [-0.3, -0.25) is 4.90 Å². The summed E-state index contributed by atoms with van der Waals surface area (Å²) < 4.78 is 38.7. The molecule has 1 N–H and O–H groups in total. The first-order valence-electron chi connectivity index (χ1n) is 6.57. The molecule has 0 unspecified atom stereocenters. The Morgan fingerprint density at radius 2 is 1.86 bits per heavy atom. The van der Waals surface area contributed by atoms with Gasteiger partial charge in [-0.25, -0.2) is 5.26 Å². The van der Waals surface area contributed by atoms with Crippen molar-refractivity contribution in [2.45, 2.75) is 6.18 Å². The number of aliphatic hydroxyl groups excluding tert-OH is 1. The fourth-order valence-corrected chi connectivity index (χ4v) is 2.34. The minimum Gasteiger partial charge on any atom is -0.395 e. The average molecular weight is 387 g/mol. The first-order valence-corrected chi connectivity index (χ1v) is 6.57. The monoisotopic (exact) mass is 387 g/mol. The zero-order valence-corrected chi connectivity index (χ0v) is 14.7. The fraction of sp³-hybridized carbons (Fsp3) is 0.500. The van der Waals surface area contributed by atoms with E-state index in [1.165, 1.54) is 12.1 Å². The second-order valence-electron chi connectivity index (χ2n) is 4.79. The Labute approximate surface area is 152 Å². The first kappa shape index (κ1) is 19.4. The van der Waals surface area contributed by atoms with Gasteiger partial charge in [-0.2, -0.15) is 19.2 Å². The molecule has 0 aromatic heterocycles. The van der Waals surface area contributed by atoms with Crippen LogP contribution in [-0.4, -0.2) is 49.3 Å². The predicted molar refractivity (Wildman–Crippen MR) is 70.7 cm³/mol. The first-order chi connectivity index (χ1) is 9.95. The van der Waals surface area contributed by atoms with Gasteiger partial charge in [-0.05, 0) is 11.1 Å². The maximum atomic E-state index is 12.9. The standard InChI is InChI=1S/C14H15F3N3O.Y/c15-14(16,17)13-9-12(2-1-11(13)10-18)20-5-3-19(4-6-20)7-8-21;/h1-2,21H,3-8H2;/q-1;. The third-order valence-corrected chi connectivity index (χ3v) is 3.46. The van der Waals surface area contributed by atoms with Crippen molar-refractivity contribution in [2.75, 3.05) is 44.2 Å². The number of alkyl halides is 3. The number of hydrogen-bond acceptors (Lipinski definition) is 4. The summed E-state index contributed by atoms with van der Waals surface area (Å²) in [5.74, 6) is 0. The molecule has 4 nitrogen and oxygen atoms in total. The van der Waals surface area contributed by atoms with Gasteiger partial charge in [0.2, 0.25) is 0 Å². The molecule has 2 rings (SSSR count). The van der Waals surface area contributed by atoms with E-state index in [-0.39, 0.29) is 39.3 Å². The van der Waals surface area contributed by atoms with Gasteiger partial charge >= 0.3 is 6.18 Å². The van der Waals surface area contributed by atoms with Crippen molar-refractivity contribution in [3.05, 3.63) is 29.3 Å². The second-order valence-corrected chi connectivity index (χ2v) is 4.79. The molecule has 117 valence electrons. The van der Waals surface area contributed by atoms with Gasteiger partial charge in [0.15, 0.2) is 0 Å². The molecule has 0 bridgehead atoms. The molecule has 22 heavy (non-hydrogen) atoms. The minimum absolute atomic E-state index is 0. The summed E-state index contributed by atoms with van der Waals surface area (Å²) in [6.45, 7) is 3.13. The molecule has 1 fully saturated rings. The Morgan fingerprint density at radius 3 is 2.36 bits per heavy atom. The summed E-state index contributed by atoms with van der Waals surface area (Å²) in [6.07, 6.45) is -4.58. The molecule has 1 saturated heterocycles. The van der Waals surface area contributed by atoms with E-state index in [1.54, 1.807) is 6.07 Å². The summed E-state index contributed by atoms with van der Waals surface area (Å²) in [5, 5.41) is 17.6. The van der Waals surface area contributed by atoms with Crippen molar-refractivity contribution in [1.82, 2.24) is 4.90 Å². The average Bonchev–Trinajstić information content (AvgIpc) is 2.47. The smallest absolute Gasteiger partial charge is 0.395 e. The van der Waals surface area contributed by atoms with Crippen LogP contribution in [0.25, 0.3) is 0 Å². The van der Waals surface area contributed by atoms with Crippen LogP contribution in [0.3, 0.4) is 0 Å². The molecule has 0 atom stereocenters. The Bertz CT molecular complexity index is 537. The zero-order valence-electron chi connectivity index (χ0n) is 11.9. The number of benzene rings is 1. The topological polar surface area (TPSA) is 50.5 Å². The third kappa shape index (κ3) is 4.66. The van der Waals surface area contributed by atoms with Crippen LogP contribution in [0.1, 0.15) is 11.1 Å². The molecule has 1 aromatic carbocycles. The SMILES string of the molecule is N#Cc1ccc(N2CCN(CCO)CC2)[c-]c1C(F)(F)F.[Y]. The van der Waals surface area contributed by atoms with Crippen LogP contribution in [0.5, 0.6) is 0 Å². The molecule has 1 heterocycles. The van der Waals surface area contributed by atoms with E-state index >= 15 is 0 Å². The number of nitriles is 1. The normalized spacial score (nSPS) is 16.0. The van der Waals surface area contributed by atoms with Crippen molar-refractivity contribution >= 4 is 5.69 Å². The number of halogens is 3. The summed E-state index contributed by atoms with van der Waals surface area (Å²) in [7, 11) is 0. The molecule has 1 aliphatic rings. The number of piperazine rings is 1. The largest absolute Gasteiger partial charge is 0.395 e. The maximum absolute atomic E-state index is 12.9. The van der Waals surface area contributed by atoms with Gasteiger partial charge < -0.3 is 10.0 Å². The van der Waals surface area contributed by atoms with E-state index in [2.05, 4.69) is 6.07 Å². The van der Waals surface area contributed by atoms with Gasteiger partial charge in [0, 0.05) is 71.5 Å². The van der Waals surface area contributed by atoms with Gasteiger partial charge in [0.05, 0.1) is 6.61 Å². The van der Waals surface area contributed by atoms with E-state index < -0.39 is 17.3 Å². The van der Waals surface area contributed by atoms with Crippen LogP contribution >= 0.6 is 0 Å². The number of nitrogens with zero attached hydrogens (tertiary/aromatic N) is 3. The van der Waals surface area contributed by atoms with E-state index in [0.29, 0.717) is 38.4 Å². The van der Waals surface area contributed by atoms with Crippen molar-refractivity contribution in [3.8, 4) is 6.07 Å². The van der Waals surface area contributed by atoms with Gasteiger partial charge in [-0.15, -0.1) is 12.1 Å². The van der Waals surface area contributed by atoms with E-state index in [4.69, 9.17) is 10.4 Å². The summed E-state index contributed by atoms with van der Waals surface area (Å²) in [6, 6.07) is 6.57. The molecule has 1 radical (unpaired) electrons. The molecule has 0 aliphatic carbocycles. The van der Waals surface area contributed by atoms with Crippen molar-refractivity contribution in [3.63, 3.8) is 0 Å². The van der Waals surface area contributed by atoms with Crippen LogP contribution in [0.2, 0.25) is 0 Å². The number of aliphatic hydroxyl groups is 1. The van der Waals surface area contributed by atoms with Crippen molar-refractivity contribution in [2.24, 2.45) is 0 Å². The minimum atomic E-state index is -4.58. The van der Waals surface area contributed by atoms with Gasteiger partial charge in [-0.1, -0.05) is 5.69 Å². The van der Waals surface area contributed by atoms with Crippen LogP contribution in [-0.2, 0) is 38.9 Å². The third-order valence-electron chi connectivity index (χ3n) is 3.46. The molecule has 8 heteroatoms. The van der Waals surface area contributed by atoms with Gasteiger partial charge in [0.1, 0.15) is 0 Å². The fourth-order valence-electron chi connectivity index (χ4n) is 2.34. The quantitative estimate of drug-likeness (QED) is 0.799. The number of β-amino-alcohol motifs (C(OH)–C–C–N with tert-alkyl or cyclic N) is 1. The van der Waals surface area contributed by atoms with E-state index in [9.17, 15) is 13.2 Å². The van der Waals surface area contributed by atoms with E-state index in [1.807, 2.05) is 9.80 Å². The van der Waals surface area contributed by atoms with Crippen LogP contribution in [0.4, 0.5) is 18.9 Å². The molecular weight excluding hydrogens is 372 g/mol. The van der Waals surface area contributed by atoms with E-state index in [0.717, 1.165) is 0 Å². The number of hydrogen-bond donors (Lipinski definition) is 1. The van der Waals surface area contributed by atoms with Crippen molar-refractivity contribution in [1.29, 1.82) is 5.26 Å². The molecule has 0 saturated carbocycles. The number of anilines is 1. The molecule has 0 spiro atoms. The zero-order chi connectivity index (χ0) is 15.5. The Balaban J connectivity index is 0.00000242. The van der Waals surface area contributed by atoms with Gasteiger partial charge in [0.25, 0.3) is 0 Å². The summed E-state index contributed by atoms with van der Waals surface area (Å²) in [4.78, 5) is 3.86. The Hall–Kier alpha value is -0.676. The maximum Gasteiger partial charge on any atom is 0.395 e. The molecular formula is C14H15F3N3OY-. The summed E-state index contributed by atoms with van der Waals surface area (Å²) >= 11 is 0.